The highest BCUT2D eigenvalue weighted by atomic mass is 35.5. The zero-order chi connectivity index (χ0) is 21.0. The third kappa shape index (κ3) is 5.92. The summed E-state index contributed by atoms with van der Waals surface area (Å²) in [6.45, 7) is 1.14. The van der Waals surface area contributed by atoms with Gasteiger partial charge in [0.25, 0.3) is 0 Å². The summed E-state index contributed by atoms with van der Waals surface area (Å²) >= 11 is 7.55. The van der Waals surface area contributed by atoms with Gasteiger partial charge in [-0.2, -0.15) is 0 Å². The molecule has 162 valence electrons. The molecular weight excluding hydrogens is 465 g/mol. The summed E-state index contributed by atoms with van der Waals surface area (Å²) in [5.74, 6) is -1.11. The molecule has 3 rings (SSSR count). The first-order valence-electron chi connectivity index (χ1n) is 9.06. The standard InChI is InChI=1S/C20H22ClN3O3S2.ClH/c1-23(2)12-7-13-24(20-22-19-16(21)10-6-11-17(19)28-20)18(25)14-29(26,27)15-8-4-3-5-9-15;/h3-6,8-11H,7,12-14H2,1-2H3;1H. The van der Waals surface area contributed by atoms with Crippen molar-refractivity contribution in [3.8, 4) is 0 Å². The molecule has 0 saturated carbocycles. The van der Waals surface area contributed by atoms with E-state index in [-0.39, 0.29) is 17.3 Å². The zero-order valence-corrected chi connectivity index (χ0v) is 19.8. The van der Waals surface area contributed by atoms with E-state index in [1.54, 1.807) is 24.3 Å². The van der Waals surface area contributed by atoms with Gasteiger partial charge in [-0.05, 0) is 51.3 Å². The lowest BCUT2D eigenvalue weighted by Crippen LogP contribution is -2.37. The number of carbonyl (C=O) groups is 1. The number of sulfone groups is 1. The minimum absolute atomic E-state index is 0. The van der Waals surface area contributed by atoms with Crippen LogP contribution in [0.2, 0.25) is 5.02 Å². The van der Waals surface area contributed by atoms with E-state index < -0.39 is 21.5 Å². The summed E-state index contributed by atoms with van der Waals surface area (Å²) < 4.78 is 26.2. The molecule has 0 fully saturated rings. The monoisotopic (exact) mass is 487 g/mol. The fourth-order valence-corrected chi connectivity index (χ4v) is 5.37. The Hall–Kier alpha value is -1.71. The fourth-order valence-electron chi connectivity index (χ4n) is 2.84. The molecule has 3 aromatic rings. The van der Waals surface area contributed by atoms with E-state index in [0.29, 0.717) is 28.6 Å². The van der Waals surface area contributed by atoms with Crippen LogP contribution < -0.4 is 4.90 Å². The average Bonchev–Trinajstić information content (AvgIpc) is 3.10. The van der Waals surface area contributed by atoms with Crippen LogP contribution in [0.4, 0.5) is 5.13 Å². The normalized spacial score (nSPS) is 11.5. The third-order valence-corrected chi connectivity index (χ3v) is 7.26. The number of hydrogen-bond donors (Lipinski definition) is 0. The molecule has 2 aromatic carbocycles. The molecule has 0 atom stereocenters. The van der Waals surface area contributed by atoms with Gasteiger partial charge in [-0.3, -0.25) is 9.69 Å². The van der Waals surface area contributed by atoms with E-state index in [2.05, 4.69) is 4.98 Å². The second-order valence-corrected chi connectivity index (χ2v) is 10.3. The molecule has 0 N–H and O–H groups in total. The first kappa shape index (κ1) is 24.6. The number of hydrogen-bond acceptors (Lipinski definition) is 6. The van der Waals surface area contributed by atoms with Crippen LogP contribution in [0.3, 0.4) is 0 Å². The van der Waals surface area contributed by atoms with Crippen LogP contribution >= 0.6 is 35.3 Å². The maximum atomic E-state index is 13.0. The maximum absolute atomic E-state index is 13.0. The SMILES string of the molecule is CN(C)CCCN(C(=O)CS(=O)(=O)c1ccccc1)c1nc2c(Cl)cccc2s1.Cl. The van der Waals surface area contributed by atoms with Gasteiger partial charge in [-0.1, -0.05) is 47.2 Å². The predicted octanol–water partition coefficient (Wildman–Crippen LogP) is 4.13. The molecule has 10 heteroatoms. The van der Waals surface area contributed by atoms with Gasteiger partial charge in [0, 0.05) is 6.54 Å². The summed E-state index contributed by atoms with van der Waals surface area (Å²) in [5, 5.41) is 0.961. The molecule has 0 aliphatic rings. The molecule has 0 aliphatic heterocycles. The number of para-hydroxylation sites is 1. The Kier molecular flexibility index (Phi) is 8.63. The minimum atomic E-state index is -3.74. The molecule has 0 aliphatic carbocycles. The second kappa shape index (κ2) is 10.5. The number of amides is 1. The second-order valence-electron chi connectivity index (χ2n) is 6.86. The summed E-state index contributed by atoms with van der Waals surface area (Å²) in [5.41, 5.74) is 0.616. The highest BCUT2D eigenvalue weighted by molar-refractivity contribution is 7.92. The van der Waals surface area contributed by atoms with Crippen LogP contribution in [0.1, 0.15) is 6.42 Å². The molecule has 0 bridgehead atoms. The van der Waals surface area contributed by atoms with Crippen LogP contribution in [0.5, 0.6) is 0 Å². The van der Waals surface area contributed by atoms with E-state index in [9.17, 15) is 13.2 Å². The number of halogens is 2. The average molecular weight is 488 g/mol. The van der Waals surface area contributed by atoms with Crippen LogP contribution in [-0.2, 0) is 14.6 Å². The van der Waals surface area contributed by atoms with Crippen molar-refractivity contribution in [3.05, 3.63) is 53.6 Å². The molecular formula is C20H23Cl2N3O3S2. The number of nitrogens with zero attached hydrogens (tertiary/aromatic N) is 3. The molecule has 1 aromatic heterocycles. The molecule has 0 radical (unpaired) electrons. The lowest BCUT2D eigenvalue weighted by molar-refractivity contribution is -0.116. The van der Waals surface area contributed by atoms with Crippen molar-refractivity contribution in [3.63, 3.8) is 0 Å². The number of thiazole rings is 1. The van der Waals surface area contributed by atoms with Crippen LogP contribution in [0, 0.1) is 0 Å². The van der Waals surface area contributed by atoms with Gasteiger partial charge in [-0.15, -0.1) is 12.4 Å². The van der Waals surface area contributed by atoms with E-state index in [1.165, 1.54) is 28.4 Å². The van der Waals surface area contributed by atoms with Crippen molar-refractivity contribution in [2.24, 2.45) is 0 Å². The molecule has 0 saturated heterocycles. The Morgan fingerprint density at radius 1 is 1.07 bits per heavy atom. The number of aromatic nitrogens is 1. The van der Waals surface area contributed by atoms with Gasteiger partial charge in [0.2, 0.25) is 5.91 Å². The summed E-state index contributed by atoms with van der Waals surface area (Å²) in [4.78, 5) is 21.2. The van der Waals surface area contributed by atoms with Crippen LogP contribution in [0.25, 0.3) is 10.2 Å². The Morgan fingerprint density at radius 3 is 2.40 bits per heavy atom. The molecule has 30 heavy (non-hydrogen) atoms. The van der Waals surface area contributed by atoms with Gasteiger partial charge in [-0.25, -0.2) is 13.4 Å². The first-order valence-corrected chi connectivity index (χ1v) is 11.9. The van der Waals surface area contributed by atoms with Gasteiger partial charge >= 0.3 is 0 Å². The van der Waals surface area contributed by atoms with E-state index in [4.69, 9.17) is 11.6 Å². The Labute approximate surface area is 191 Å². The van der Waals surface area contributed by atoms with Crippen LogP contribution in [-0.4, -0.2) is 57.1 Å². The van der Waals surface area contributed by atoms with Crippen molar-refractivity contribution in [1.82, 2.24) is 9.88 Å². The predicted molar refractivity (Wildman–Crippen MR) is 126 cm³/mol. The van der Waals surface area contributed by atoms with Crippen LogP contribution in [0.15, 0.2) is 53.4 Å². The van der Waals surface area contributed by atoms with E-state index in [0.717, 1.165) is 11.2 Å². The summed E-state index contributed by atoms with van der Waals surface area (Å²) in [6.07, 6.45) is 0.688. The first-order chi connectivity index (χ1) is 13.8. The largest absolute Gasteiger partial charge is 0.309 e. The lowest BCUT2D eigenvalue weighted by atomic mass is 10.3. The van der Waals surface area contributed by atoms with Crippen molar-refractivity contribution >= 4 is 66.4 Å². The maximum Gasteiger partial charge on any atom is 0.244 e. The fraction of sp³-hybridized carbons (Fsp3) is 0.300. The highest BCUT2D eigenvalue weighted by Gasteiger charge is 2.26. The number of rotatable bonds is 8. The molecule has 0 spiro atoms. The lowest BCUT2D eigenvalue weighted by Gasteiger charge is -2.21. The topological polar surface area (TPSA) is 70.6 Å². The third-order valence-electron chi connectivity index (χ3n) is 4.29. The number of fused-ring (bicyclic) bond motifs is 1. The van der Waals surface area contributed by atoms with Gasteiger partial charge in [0.05, 0.1) is 14.6 Å². The van der Waals surface area contributed by atoms with Crippen molar-refractivity contribution < 1.29 is 13.2 Å². The zero-order valence-electron chi connectivity index (χ0n) is 16.6. The van der Waals surface area contributed by atoms with Crippen molar-refractivity contribution in [2.75, 3.05) is 37.8 Å². The van der Waals surface area contributed by atoms with Crippen molar-refractivity contribution in [2.45, 2.75) is 11.3 Å². The van der Waals surface area contributed by atoms with Gasteiger partial charge in [0.1, 0.15) is 11.3 Å². The number of anilines is 1. The van der Waals surface area contributed by atoms with E-state index in [1.807, 2.05) is 31.1 Å². The molecule has 1 amide bonds. The van der Waals surface area contributed by atoms with Crippen molar-refractivity contribution in [1.29, 1.82) is 0 Å². The Morgan fingerprint density at radius 2 is 1.77 bits per heavy atom. The Bertz CT molecular complexity index is 1100. The number of carbonyl (C=O) groups excluding carboxylic acids is 1. The number of benzene rings is 2. The molecule has 0 unspecified atom stereocenters. The molecule has 1 heterocycles. The van der Waals surface area contributed by atoms with Gasteiger partial charge in [0.15, 0.2) is 15.0 Å². The van der Waals surface area contributed by atoms with Gasteiger partial charge < -0.3 is 4.90 Å². The Balaban J connectivity index is 0.00000320. The molecule has 6 nitrogen and oxygen atoms in total. The summed E-state index contributed by atoms with van der Waals surface area (Å²) in [6, 6.07) is 13.5. The quantitative estimate of drug-likeness (QED) is 0.477. The highest BCUT2D eigenvalue weighted by Crippen LogP contribution is 2.33. The summed E-state index contributed by atoms with van der Waals surface area (Å²) in [7, 11) is 0.153. The van der Waals surface area contributed by atoms with E-state index >= 15 is 0 Å². The smallest absolute Gasteiger partial charge is 0.244 e. The minimum Gasteiger partial charge on any atom is -0.309 e.